The number of hydrogen-bond donors (Lipinski definition) is 2. The van der Waals surface area contributed by atoms with Gasteiger partial charge in [-0.1, -0.05) is 60.2 Å². The zero-order valence-electron chi connectivity index (χ0n) is 14.5. The minimum Gasteiger partial charge on any atom is -0.343 e. The molecule has 0 aliphatic carbocycles. The van der Waals surface area contributed by atoms with Gasteiger partial charge in [-0.2, -0.15) is 0 Å². The van der Waals surface area contributed by atoms with Crippen LogP contribution >= 0.6 is 0 Å². The van der Waals surface area contributed by atoms with E-state index in [0.29, 0.717) is 11.3 Å². The Kier molecular flexibility index (Phi) is 5.44. The number of hydrogen-bond acceptors (Lipinski definition) is 2. The summed E-state index contributed by atoms with van der Waals surface area (Å²) in [6.07, 6.45) is 0. The maximum Gasteiger partial charge on any atom is 0.251 e. The van der Waals surface area contributed by atoms with Crippen LogP contribution in [0.4, 0.5) is 5.69 Å². The molecule has 0 atom stereocenters. The van der Waals surface area contributed by atoms with E-state index in [1.54, 1.807) is 12.1 Å². The first-order chi connectivity index (χ1) is 12.6. The SMILES string of the molecule is Cc1cccc(C(=O)NCC(=O)Nc2ccc(-c3ccccc3)cc2)c1. The van der Waals surface area contributed by atoms with E-state index in [1.807, 2.05) is 73.7 Å². The molecule has 4 heteroatoms. The van der Waals surface area contributed by atoms with E-state index in [1.165, 1.54) is 0 Å². The molecule has 3 aromatic rings. The number of nitrogens with one attached hydrogen (secondary N) is 2. The van der Waals surface area contributed by atoms with E-state index in [2.05, 4.69) is 10.6 Å². The fourth-order valence-electron chi connectivity index (χ4n) is 2.63. The second-order valence-electron chi connectivity index (χ2n) is 6.04. The molecule has 0 bridgehead atoms. The molecule has 0 radical (unpaired) electrons. The molecule has 3 aromatic carbocycles. The zero-order chi connectivity index (χ0) is 18.4. The maximum atomic E-state index is 12.1. The fraction of sp³-hybridized carbons (Fsp3) is 0.0909. The quantitative estimate of drug-likeness (QED) is 0.734. The first-order valence-corrected chi connectivity index (χ1v) is 8.42. The molecule has 0 saturated carbocycles. The summed E-state index contributed by atoms with van der Waals surface area (Å²) >= 11 is 0. The normalized spacial score (nSPS) is 10.2. The van der Waals surface area contributed by atoms with Gasteiger partial charge in [-0.25, -0.2) is 0 Å². The Labute approximate surface area is 152 Å². The van der Waals surface area contributed by atoms with Gasteiger partial charge in [0, 0.05) is 11.3 Å². The van der Waals surface area contributed by atoms with Crippen molar-refractivity contribution in [2.75, 3.05) is 11.9 Å². The van der Waals surface area contributed by atoms with Gasteiger partial charge in [0.15, 0.2) is 0 Å². The van der Waals surface area contributed by atoms with Crippen molar-refractivity contribution in [3.05, 3.63) is 90.0 Å². The lowest BCUT2D eigenvalue weighted by atomic mass is 10.1. The standard InChI is InChI=1S/C22H20N2O2/c1-16-6-5-9-19(14-16)22(26)23-15-21(25)24-20-12-10-18(11-13-20)17-7-3-2-4-8-17/h2-14H,15H2,1H3,(H,23,26)(H,24,25). The third kappa shape index (κ3) is 4.57. The molecule has 0 aliphatic rings. The van der Waals surface area contributed by atoms with Crippen LogP contribution < -0.4 is 10.6 Å². The van der Waals surface area contributed by atoms with Gasteiger partial charge in [0.05, 0.1) is 6.54 Å². The second kappa shape index (κ2) is 8.12. The third-order valence-corrected chi connectivity index (χ3v) is 3.97. The predicted molar refractivity (Wildman–Crippen MR) is 104 cm³/mol. The highest BCUT2D eigenvalue weighted by atomic mass is 16.2. The molecule has 3 rings (SSSR count). The van der Waals surface area contributed by atoms with Gasteiger partial charge in [0.2, 0.25) is 5.91 Å². The summed E-state index contributed by atoms with van der Waals surface area (Å²) in [6, 6.07) is 24.9. The summed E-state index contributed by atoms with van der Waals surface area (Å²) in [6.45, 7) is 1.84. The van der Waals surface area contributed by atoms with Crippen molar-refractivity contribution in [2.45, 2.75) is 6.92 Å². The van der Waals surface area contributed by atoms with E-state index >= 15 is 0 Å². The Morgan fingerprint density at radius 2 is 1.50 bits per heavy atom. The van der Waals surface area contributed by atoms with Gasteiger partial charge in [-0.15, -0.1) is 0 Å². The number of carbonyl (C=O) groups excluding carboxylic acids is 2. The predicted octanol–water partition coefficient (Wildman–Crippen LogP) is 4.03. The topological polar surface area (TPSA) is 58.2 Å². The van der Waals surface area contributed by atoms with Gasteiger partial charge in [0.1, 0.15) is 0 Å². The van der Waals surface area contributed by atoms with E-state index < -0.39 is 0 Å². The van der Waals surface area contributed by atoms with Crippen molar-refractivity contribution in [2.24, 2.45) is 0 Å². The molecule has 0 unspecified atom stereocenters. The van der Waals surface area contributed by atoms with E-state index in [9.17, 15) is 9.59 Å². The number of anilines is 1. The van der Waals surface area contributed by atoms with Gasteiger partial charge in [0.25, 0.3) is 5.91 Å². The van der Waals surface area contributed by atoms with Crippen molar-refractivity contribution in [1.29, 1.82) is 0 Å². The summed E-state index contributed by atoms with van der Waals surface area (Å²) in [5.41, 5.74) is 4.44. The molecule has 0 saturated heterocycles. The van der Waals surface area contributed by atoms with Crippen molar-refractivity contribution in [3.63, 3.8) is 0 Å². The van der Waals surface area contributed by atoms with Crippen LogP contribution in [0.15, 0.2) is 78.9 Å². The van der Waals surface area contributed by atoms with Crippen molar-refractivity contribution >= 4 is 17.5 Å². The lowest BCUT2D eigenvalue weighted by Gasteiger charge is -2.08. The van der Waals surface area contributed by atoms with Crippen molar-refractivity contribution in [3.8, 4) is 11.1 Å². The highest BCUT2D eigenvalue weighted by Crippen LogP contribution is 2.20. The number of benzene rings is 3. The third-order valence-electron chi connectivity index (χ3n) is 3.97. The molecule has 0 spiro atoms. The van der Waals surface area contributed by atoms with Gasteiger partial charge in [-0.05, 0) is 42.3 Å². The average molecular weight is 344 g/mol. The molecule has 0 aromatic heterocycles. The van der Waals surface area contributed by atoms with Crippen LogP contribution in [0.2, 0.25) is 0 Å². The molecule has 0 heterocycles. The van der Waals surface area contributed by atoms with Crippen LogP contribution in [0.25, 0.3) is 11.1 Å². The van der Waals surface area contributed by atoms with Gasteiger partial charge < -0.3 is 10.6 Å². The largest absolute Gasteiger partial charge is 0.343 e. The summed E-state index contributed by atoms with van der Waals surface area (Å²) < 4.78 is 0. The van der Waals surface area contributed by atoms with E-state index in [-0.39, 0.29) is 18.4 Å². The fourth-order valence-corrected chi connectivity index (χ4v) is 2.63. The Morgan fingerprint density at radius 1 is 0.808 bits per heavy atom. The van der Waals surface area contributed by atoms with Crippen LogP contribution in [0.3, 0.4) is 0 Å². The molecule has 2 N–H and O–H groups in total. The Morgan fingerprint density at radius 3 is 2.19 bits per heavy atom. The van der Waals surface area contributed by atoms with Crippen LogP contribution in [-0.4, -0.2) is 18.4 Å². The smallest absolute Gasteiger partial charge is 0.251 e. The lowest BCUT2D eigenvalue weighted by molar-refractivity contribution is -0.115. The molecule has 0 aliphatic heterocycles. The molecular formula is C22H20N2O2. The minimum atomic E-state index is -0.265. The summed E-state index contributed by atoms with van der Waals surface area (Å²) in [7, 11) is 0. The molecule has 26 heavy (non-hydrogen) atoms. The Hall–Kier alpha value is -3.40. The number of carbonyl (C=O) groups is 2. The number of amides is 2. The van der Waals surface area contributed by atoms with E-state index in [4.69, 9.17) is 0 Å². The summed E-state index contributed by atoms with van der Waals surface area (Å²) in [5, 5.41) is 5.42. The van der Waals surface area contributed by atoms with Crippen LogP contribution in [0, 0.1) is 6.92 Å². The Balaban J connectivity index is 1.54. The lowest BCUT2D eigenvalue weighted by Crippen LogP contribution is -2.32. The van der Waals surface area contributed by atoms with Crippen molar-refractivity contribution < 1.29 is 9.59 Å². The first-order valence-electron chi connectivity index (χ1n) is 8.42. The van der Waals surface area contributed by atoms with Crippen LogP contribution in [0.1, 0.15) is 15.9 Å². The monoisotopic (exact) mass is 344 g/mol. The Bertz CT molecular complexity index is 903. The highest BCUT2D eigenvalue weighted by Gasteiger charge is 2.08. The van der Waals surface area contributed by atoms with Gasteiger partial charge >= 0.3 is 0 Å². The van der Waals surface area contributed by atoms with E-state index in [0.717, 1.165) is 16.7 Å². The summed E-state index contributed by atoms with van der Waals surface area (Å²) in [4.78, 5) is 24.1. The first kappa shape index (κ1) is 17.4. The average Bonchev–Trinajstić information content (AvgIpc) is 2.67. The van der Waals surface area contributed by atoms with Crippen molar-refractivity contribution in [1.82, 2.24) is 5.32 Å². The van der Waals surface area contributed by atoms with Crippen LogP contribution in [-0.2, 0) is 4.79 Å². The highest BCUT2D eigenvalue weighted by molar-refractivity contribution is 5.99. The molecule has 0 fully saturated rings. The molecule has 130 valence electrons. The number of aryl methyl sites for hydroxylation is 1. The minimum absolute atomic E-state index is 0.0762. The zero-order valence-corrected chi connectivity index (χ0v) is 14.5. The number of rotatable bonds is 5. The van der Waals surface area contributed by atoms with Crippen LogP contribution in [0.5, 0.6) is 0 Å². The molecular weight excluding hydrogens is 324 g/mol. The molecule has 2 amide bonds. The maximum absolute atomic E-state index is 12.1. The summed E-state index contributed by atoms with van der Waals surface area (Å²) in [5.74, 6) is -0.526. The molecule has 4 nitrogen and oxygen atoms in total. The second-order valence-corrected chi connectivity index (χ2v) is 6.04. The van der Waals surface area contributed by atoms with Gasteiger partial charge in [-0.3, -0.25) is 9.59 Å².